The van der Waals surface area contributed by atoms with E-state index in [0.717, 1.165) is 48.3 Å². The van der Waals surface area contributed by atoms with Gasteiger partial charge in [-0.05, 0) is 99.5 Å². The molecule has 0 bridgehead atoms. The first-order valence-electron chi connectivity index (χ1n) is 11.6. The number of β-amino-alcohol motifs (C(OH)–C–C–N with tert-alkyl or cyclic N) is 1. The maximum Gasteiger partial charge on any atom is 0.128 e. The van der Waals surface area contributed by atoms with Crippen LogP contribution in [0.3, 0.4) is 0 Å². The van der Waals surface area contributed by atoms with Gasteiger partial charge in [0.2, 0.25) is 0 Å². The van der Waals surface area contributed by atoms with E-state index in [2.05, 4.69) is 54.1 Å². The number of hydrogen-bond acceptors (Lipinski definition) is 4. The second-order valence-corrected chi connectivity index (χ2v) is 10.5. The van der Waals surface area contributed by atoms with Crippen LogP contribution in [-0.2, 0) is 0 Å². The number of piperidine rings is 1. The largest absolute Gasteiger partial charge is 0.490 e. The number of rotatable bonds is 6. The van der Waals surface area contributed by atoms with Crippen molar-refractivity contribution in [1.29, 1.82) is 0 Å². The predicted molar refractivity (Wildman–Crippen MR) is 134 cm³/mol. The topological polar surface area (TPSA) is 48.5 Å². The molecule has 168 valence electrons. The van der Waals surface area contributed by atoms with Crippen LogP contribution in [0.25, 0.3) is 21.0 Å². The van der Waals surface area contributed by atoms with Gasteiger partial charge in [-0.15, -0.1) is 11.3 Å². The number of thiophene rings is 1. The number of hydrogen-bond donors (Lipinski definition) is 2. The minimum Gasteiger partial charge on any atom is -0.490 e. The number of nitrogens with zero attached hydrogens (tertiary/aromatic N) is 1. The van der Waals surface area contributed by atoms with Crippen LogP contribution in [0.15, 0.2) is 42.5 Å². The SMILES string of the molecule is Cc1cc(C)c2cc(C3CCN(C[C@H](O)COc4cccc5[nH]c(C)cc45)CC3)sc2c1. The summed E-state index contributed by atoms with van der Waals surface area (Å²) in [5.74, 6) is 1.46. The summed E-state index contributed by atoms with van der Waals surface area (Å²) < 4.78 is 7.40. The standard InChI is InChI=1S/C27H32N2O2S/c1-17-11-18(2)22-14-26(32-27(22)12-17)20-7-9-29(10-8-20)15-21(30)16-31-25-6-4-5-24-23(25)13-19(3)28-24/h4-6,11-14,20-21,28,30H,7-10,15-16H2,1-3H3/t21-/m0/s1. The number of nitrogens with one attached hydrogen (secondary N) is 1. The third-order valence-electron chi connectivity index (χ3n) is 6.66. The Bertz CT molecular complexity index is 1230. The lowest BCUT2D eigenvalue weighted by molar-refractivity contribution is 0.0600. The van der Waals surface area contributed by atoms with Crippen molar-refractivity contribution < 1.29 is 9.84 Å². The van der Waals surface area contributed by atoms with E-state index in [-0.39, 0.29) is 0 Å². The molecule has 0 saturated carbocycles. The highest BCUT2D eigenvalue weighted by atomic mass is 32.1. The molecule has 0 aliphatic carbocycles. The summed E-state index contributed by atoms with van der Waals surface area (Å²) in [6.07, 6.45) is 1.82. The molecule has 3 heterocycles. The molecule has 4 aromatic rings. The number of likely N-dealkylation sites (tertiary alicyclic amines) is 1. The number of aryl methyl sites for hydroxylation is 3. The van der Waals surface area contributed by atoms with E-state index in [1.807, 2.05) is 30.4 Å². The maximum absolute atomic E-state index is 10.6. The Labute approximate surface area is 193 Å². The van der Waals surface area contributed by atoms with Crippen LogP contribution < -0.4 is 4.74 Å². The molecule has 5 rings (SSSR count). The van der Waals surface area contributed by atoms with Gasteiger partial charge in [-0.25, -0.2) is 0 Å². The van der Waals surface area contributed by atoms with E-state index in [9.17, 15) is 5.11 Å². The minimum absolute atomic E-state index is 0.318. The molecular formula is C27H32N2O2S. The molecule has 1 aliphatic rings. The fourth-order valence-electron chi connectivity index (χ4n) is 5.04. The Balaban J connectivity index is 1.15. The van der Waals surface area contributed by atoms with Gasteiger partial charge in [0.15, 0.2) is 0 Å². The summed E-state index contributed by atoms with van der Waals surface area (Å²) in [5.41, 5.74) is 4.91. The zero-order chi connectivity index (χ0) is 22.2. The highest BCUT2D eigenvalue weighted by molar-refractivity contribution is 7.19. The monoisotopic (exact) mass is 448 g/mol. The number of aromatic amines is 1. The molecule has 0 amide bonds. The van der Waals surface area contributed by atoms with Gasteiger partial charge in [-0.1, -0.05) is 12.1 Å². The normalized spacial score (nSPS) is 16.8. The molecular weight excluding hydrogens is 416 g/mol. The number of benzene rings is 2. The maximum atomic E-state index is 10.6. The zero-order valence-corrected chi connectivity index (χ0v) is 20.0. The highest BCUT2D eigenvalue weighted by Crippen LogP contribution is 2.38. The van der Waals surface area contributed by atoms with E-state index in [1.165, 1.54) is 26.1 Å². The van der Waals surface area contributed by atoms with Crippen molar-refractivity contribution in [2.24, 2.45) is 0 Å². The van der Waals surface area contributed by atoms with Gasteiger partial charge in [-0.3, -0.25) is 0 Å². The Morgan fingerprint density at radius 1 is 1.09 bits per heavy atom. The molecule has 1 atom stereocenters. The predicted octanol–water partition coefficient (Wildman–Crippen LogP) is 5.93. The van der Waals surface area contributed by atoms with Crippen LogP contribution in [-0.4, -0.2) is 47.3 Å². The first-order valence-corrected chi connectivity index (χ1v) is 12.4. The van der Waals surface area contributed by atoms with Gasteiger partial charge in [0, 0.05) is 32.7 Å². The lowest BCUT2D eigenvalue weighted by atomic mass is 9.94. The average molecular weight is 449 g/mol. The number of aliphatic hydroxyl groups is 1. The molecule has 1 aliphatic heterocycles. The van der Waals surface area contributed by atoms with Gasteiger partial charge >= 0.3 is 0 Å². The summed E-state index contributed by atoms with van der Waals surface area (Å²) in [7, 11) is 0. The van der Waals surface area contributed by atoms with E-state index in [1.54, 1.807) is 0 Å². The Morgan fingerprint density at radius 3 is 2.72 bits per heavy atom. The van der Waals surface area contributed by atoms with Crippen molar-refractivity contribution in [3.8, 4) is 5.75 Å². The molecule has 0 radical (unpaired) electrons. The highest BCUT2D eigenvalue weighted by Gasteiger charge is 2.24. The molecule has 2 aromatic heterocycles. The third-order valence-corrected chi connectivity index (χ3v) is 7.90. The summed E-state index contributed by atoms with van der Waals surface area (Å²) in [4.78, 5) is 7.24. The van der Waals surface area contributed by atoms with Crippen LogP contribution in [0.4, 0.5) is 0 Å². The molecule has 5 heteroatoms. The molecule has 4 nitrogen and oxygen atoms in total. The molecule has 2 aromatic carbocycles. The molecule has 1 saturated heterocycles. The Morgan fingerprint density at radius 2 is 1.91 bits per heavy atom. The van der Waals surface area contributed by atoms with Crippen molar-refractivity contribution in [2.75, 3.05) is 26.2 Å². The summed E-state index contributed by atoms with van der Waals surface area (Å²) in [6, 6.07) is 15.1. The number of aliphatic hydroxyl groups excluding tert-OH is 1. The first-order chi connectivity index (χ1) is 15.5. The van der Waals surface area contributed by atoms with Gasteiger partial charge in [0.05, 0.1) is 0 Å². The smallest absolute Gasteiger partial charge is 0.128 e. The minimum atomic E-state index is -0.489. The van der Waals surface area contributed by atoms with E-state index >= 15 is 0 Å². The molecule has 2 N–H and O–H groups in total. The fourth-order valence-corrected chi connectivity index (χ4v) is 6.45. The van der Waals surface area contributed by atoms with Crippen LogP contribution >= 0.6 is 11.3 Å². The van der Waals surface area contributed by atoms with Gasteiger partial charge in [0.1, 0.15) is 18.5 Å². The quantitative estimate of drug-likeness (QED) is 0.384. The molecule has 32 heavy (non-hydrogen) atoms. The van der Waals surface area contributed by atoms with Crippen LogP contribution in [0.5, 0.6) is 5.75 Å². The van der Waals surface area contributed by atoms with Crippen LogP contribution in [0.2, 0.25) is 0 Å². The van der Waals surface area contributed by atoms with E-state index < -0.39 is 6.10 Å². The van der Waals surface area contributed by atoms with Crippen molar-refractivity contribution in [2.45, 2.75) is 45.6 Å². The number of aromatic nitrogens is 1. The third kappa shape index (κ3) is 4.42. The van der Waals surface area contributed by atoms with Crippen molar-refractivity contribution in [1.82, 2.24) is 9.88 Å². The van der Waals surface area contributed by atoms with Crippen LogP contribution in [0.1, 0.15) is 40.5 Å². The fraction of sp³-hybridized carbons (Fsp3) is 0.407. The lowest BCUT2D eigenvalue weighted by Gasteiger charge is -2.32. The van der Waals surface area contributed by atoms with Crippen molar-refractivity contribution in [3.63, 3.8) is 0 Å². The summed E-state index contributed by atoms with van der Waals surface area (Å²) >= 11 is 1.97. The zero-order valence-electron chi connectivity index (χ0n) is 19.1. The Hall–Kier alpha value is -2.34. The number of fused-ring (bicyclic) bond motifs is 2. The average Bonchev–Trinajstić information content (AvgIpc) is 3.36. The molecule has 0 unspecified atom stereocenters. The second-order valence-electron chi connectivity index (χ2n) is 9.35. The number of ether oxygens (including phenoxy) is 1. The van der Waals surface area contributed by atoms with Gasteiger partial charge in [-0.2, -0.15) is 0 Å². The molecule has 0 spiro atoms. The summed E-state index contributed by atoms with van der Waals surface area (Å²) in [6.45, 7) is 9.48. The number of H-pyrrole nitrogens is 1. The second kappa shape index (κ2) is 8.89. The van der Waals surface area contributed by atoms with Gasteiger partial charge in [0.25, 0.3) is 0 Å². The van der Waals surface area contributed by atoms with Gasteiger partial charge < -0.3 is 19.7 Å². The first kappa shape index (κ1) is 21.5. The lowest BCUT2D eigenvalue weighted by Crippen LogP contribution is -2.40. The molecule has 1 fully saturated rings. The van der Waals surface area contributed by atoms with E-state index in [4.69, 9.17) is 4.74 Å². The van der Waals surface area contributed by atoms with Crippen molar-refractivity contribution >= 4 is 32.3 Å². The van der Waals surface area contributed by atoms with Crippen molar-refractivity contribution in [3.05, 3.63) is 64.2 Å². The Kier molecular flexibility index (Phi) is 5.97. The van der Waals surface area contributed by atoms with E-state index in [0.29, 0.717) is 19.1 Å². The summed E-state index contributed by atoms with van der Waals surface area (Å²) in [5, 5.41) is 13.1. The van der Waals surface area contributed by atoms with Crippen LogP contribution in [0, 0.1) is 20.8 Å².